The molecule has 0 unspecified atom stereocenters. The van der Waals surface area contributed by atoms with E-state index >= 15 is 0 Å². The molecule has 2 aromatic rings. The van der Waals surface area contributed by atoms with Crippen LogP contribution in [-0.2, 0) is 19.1 Å². The molecule has 0 aromatic heterocycles. The minimum absolute atomic E-state index is 0.154. The number of carbonyl (C=O) groups excluding carboxylic acids is 4. The zero-order valence-electron chi connectivity index (χ0n) is 19.3. The van der Waals surface area contributed by atoms with Gasteiger partial charge in [0, 0.05) is 10.2 Å². The molecular formula is C24H23BrN2O7S. The number of amides is 3. The lowest BCUT2D eigenvalue weighted by atomic mass is 10.2. The number of rotatable bonds is 9. The number of anilines is 1. The molecule has 3 amide bonds. The van der Waals surface area contributed by atoms with Crippen molar-refractivity contribution in [3.05, 3.63) is 56.9 Å². The standard InChI is InChI=1S/C24H23BrN2O7S/c1-4-33-22(29)13-34-19-11-17(25)15(9-18(19)32-3)10-20-23(30)27(24(31)35-20)12-21(28)26-16-7-5-14(2)6-8-16/h5-11H,4,12-13H2,1-3H3,(H,26,28)/b20-10+. The van der Waals surface area contributed by atoms with E-state index in [0.717, 1.165) is 22.2 Å². The van der Waals surface area contributed by atoms with Crippen LogP contribution < -0.4 is 14.8 Å². The van der Waals surface area contributed by atoms with Crippen LogP contribution in [0, 0.1) is 6.92 Å². The van der Waals surface area contributed by atoms with Crippen LogP contribution in [0.5, 0.6) is 11.5 Å². The van der Waals surface area contributed by atoms with Gasteiger partial charge >= 0.3 is 5.97 Å². The van der Waals surface area contributed by atoms with Gasteiger partial charge < -0.3 is 19.5 Å². The van der Waals surface area contributed by atoms with Gasteiger partial charge in [-0.2, -0.15) is 0 Å². The first kappa shape index (κ1) is 26.3. The van der Waals surface area contributed by atoms with Gasteiger partial charge in [-0.1, -0.05) is 33.6 Å². The van der Waals surface area contributed by atoms with Crippen molar-refractivity contribution < 1.29 is 33.4 Å². The molecule has 3 rings (SSSR count). The normalized spacial score (nSPS) is 14.3. The van der Waals surface area contributed by atoms with Gasteiger partial charge in [0.25, 0.3) is 11.1 Å². The average molecular weight is 563 g/mol. The van der Waals surface area contributed by atoms with Crippen LogP contribution in [0.3, 0.4) is 0 Å². The third-order valence-corrected chi connectivity index (χ3v) is 6.33. The van der Waals surface area contributed by atoms with E-state index in [-0.39, 0.29) is 18.1 Å². The topological polar surface area (TPSA) is 111 Å². The molecular weight excluding hydrogens is 540 g/mol. The van der Waals surface area contributed by atoms with Crippen molar-refractivity contribution in [2.24, 2.45) is 0 Å². The van der Waals surface area contributed by atoms with Crippen molar-refractivity contribution in [2.75, 3.05) is 32.2 Å². The molecule has 1 N–H and O–H groups in total. The summed E-state index contributed by atoms with van der Waals surface area (Å²) in [6.07, 6.45) is 1.52. The number of esters is 1. The summed E-state index contributed by atoms with van der Waals surface area (Å²) in [5.74, 6) is -0.961. The van der Waals surface area contributed by atoms with Crippen LogP contribution in [0.4, 0.5) is 10.5 Å². The summed E-state index contributed by atoms with van der Waals surface area (Å²) in [7, 11) is 1.44. The number of nitrogens with one attached hydrogen (secondary N) is 1. The van der Waals surface area contributed by atoms with Gasteiger partial charge in [0.1, 0.15) is 6.54 Å². The summed E-state index contributed by atoms with van der Waals surface area (Å²) in [5, 5.41) is 2.13. The predicted octanol–water partition coefficient (Wildman–Crippen LogP) is 4.38. The first-order chi connectivity index (χ1) is 16.7. The number of methoxy groups -OCH3 is 1. The number of imide groups is 1. The highest BCUT2D eigenvalue weighted by Gasteiger charge is 2.36. The fraction of sp³-hybridized carbons (Fsp3) is 0.250. The summed E-state index contributed by atoms with van der Waals surface area (Å²) in [4.78, 5) is 50.3. The smallest absolute Gasteiger partial charge is 0.344 e. The Balaban J connectivity index is 1.72. The van der Waals surface area contributed by atoms with E-state index in [4.69, 9.17) is 14.2 Å². The van der Waals surface area contributed by atoms with Gasteiger partial charge in [-0.25, -0.2) is 4.79 Å². The van der Waals surface area contributed by atoms with Gasteiger partial charge in [-0.3, -0.25) is 19.3 Å². The van der Waals surface area contributed by atoms with Crippen LogP contribution in [0.15, 0.2) is 45.8 Å². The molecule has 1 fully saturated rings. The van der Waals surface area contributed by atoms with Crippen LogP contribution in [0.25, 0.3) is 6.08 Å². The number of hydrogen-bond acceptors (Lipinski definition) is 8. The number of halogens is 1. The molecule has 1 aliphatic heterocycles. The number of benzene rings is 2. The lowest BCUT2D eigenvalue weighted by Crippen LogP contribution is -2.36. The molecule has 1 saturated heterocycles. The first-order valence-electron chi connectivity index (χ1n) is 10.5. The minimum Gasteiger partial charge on any atom is -0.493 e. The zero-order chi connectivity index (χ0) is 25.5. The van der Waals surface area contributed by atoms with E-state index in [0.29, 0.717) is 27.2 Å². The minimum atomic E-state index is -0.576. The SMILES string of the molecule is CCOC(=O)COc1cc(Br)c(/C=C2/SC(=O)N(CC(=O)Nc3ccc(C)cc3)C2=O)cc1OC. The van der Waals surface area contributed by atoms with E-state index in [2.05, 4.69) is 21.2 Å². The van der Waals surface area contributed by atoms with E-state index in [1.807, 2.05) is 19.1 Å². The van der Waals surface area contributed by atoms with Crippen molar-refractivity contribution in [1.29, 1.82) is 0 Å². The molecule has 1 heterocycles. The zero-order valence-corrected chi connectivity index (χ0v) is 21.7. The number of carbonyl (C=O) groups is 4. The van der Waals surface area contributed by atoms with Crippen LogP contribution in [-0.4, -0.2) is 54.8 Å². The summed E-state index contributed by atoms with van der Waals surface area (Å²) >= 11 is 4.15. The third-order valence-electron chi connectivity index (χ3n) is 4.73. The van der Waals surface area contributed by atoms with E-state index in [9.17, 15) is 19.2 Å². The van der Waals surface area contributed by atoms with Crippen molar-refractivity contribution >= 4 is 62.5 Å². The van der Waals surface area contributed by atoms with E-state index < -0.39 is 29.6 Å². The molecule has 0 atom stereocenters. The second kappa shape index (κ2) is 11.9. The quantitative estimate of drug-likeness (QED) is 0.354. The van der Waals surface area contributed by atoms with Gasteiger partial charge in [0.15, 0.2) is 18.1 Å². The van der Waals surface area contributed by atoms with Crippen LogP contribution in [0.2, 0.25) is 0 Å². The molecule has 0 bridgehead atoms. The third kappa shape index (κ3) is 6.86. The Bertz CT molecular complexity index is 1180. The molecule has 0 saturated carbocycles. The fourth-order valence-corrected chi connectivity index (χ4v) is 4.30. The molecule has 0 aliphatic carbocycles. The molecule has 1 aliphatic rings. The molecule has 11 heteroatoms. The maximum atomic E-state index is 12.8. The second-order valence-electron chi connectivity index (χ2n) is 7.30. The first-order valence-corrected chi connectivity index (χ1v) is 12.1. The summed E-state index contributed by atoms with van der Waals surface area (Å²) in [6.45, 7) is 3.17. The second-order valence-corrected chi connectivity index (χ2v) is 9.15. The molecule has 0 spiro atoms. The molecule has 0 radical (unpaired) electrons. The Morgan fingerprint density at radius 3 is 2.51 bits per heavy atom. The van der Waals surface area contributed by atoms with Gasteiger partial charge in [-0.15, -0.1) is 0 Å². The number of ether oxygens (including phenoxy) is 3. The van der Waals surface area contributed by atoms with E-state index in [1.54, 1.807) is 31.2 Å². The fourth-order valence-electron chi connectivity index (χ4n) is 3.03. The lowest BCUT2D eigenvalue weighted by Gasteiger charge is -2.13. The van der Waals surface area contributed by atoms with Gasteiger partial charge in [0.2, 0.25) is 5.91 Å². The highest BCUT2D eigenvalue weighted by Crippen LogP contribution is 2.38. The maximum Gasteiger partial charge on any atom is 0.344 e. The van der Waals surface area contributed by atoms with Gasteiger partial charge in [0.05, 0.1) is 18.6 Å². The van der Waals surface area contributed by atoms with Crippen LogP contribution in [0.1, 0.15) is 18.1 Å². The van der Waals surface area contributed by atoms with Crippen molar-refractivity contribution in [1.82, 2.24) is 4.90 Å². The maximum absolute atomic E-state index is 12.8. The summed E-state index contributed by atoms with van der Waals surface area (Å²) in [6, 6.07) is 10.4. The van der Waals surface area contributed by atoms with Gasteiger partial charge in [-0.05, 0) is 61.5 Å². The van der Waals surface area contributed by atoms with Crippen molar-refractivity contribution in [3.8, 4) is 11.5 Å². The summed E-state index contributed by atoms with van der Waals surface area (Å²) < 4.78 is 16.2. The van der Waals surface area contributed by atoms with Crippen molar-refractivity contribution in [2.45, 2.75) is 13.8 Å². The molecule has 184 valence electrons. The highest BCUT2D eigenvalue weighted by molar-refractivity contribution is 9.10. The number of thioether (sulfide) groups is 1. The largest absolute Gasteiger partial charge is 0.493 e. The average Bonchev–Trinajstić information content (AvgIpc) is 3.08. The number of hydrogen-bond donors (Lipinski definition) is 1. The molecule has 35 heavy (non-hydrogen) atoms. The Kier molecular flexibility index (Phi) is 8.94. The van der Waals surface area contributed by atoms with Crippen LogP contribution >= 0.6 is 27.7 Å². The number of aryl methyl sites for hydroxylation is 1. The lowest BCUT2D eigenvalue weighted by molar-refractivity contribution is -0.145. The van der Waals surface area contributed by atoms with E-state index in [1.165, 1.54) is 13.2 Å². The summed E-state index contributed by atoms with van der Waals surface area (Å²) in [5.41, 5.74) is 2.16. The molecule has 9 nitrogen and oxygen atoms in total. The monoisotopic (exact) mass is 562 g/mol. The highest BCUT2D eigenvalue weighted by atomic mass is 79.9. The number of nitrogens with zero attached hydrogens (tertiary/aromatic N) is 1. The van der Waals surface area contributed by atoms with Crippen molar-refractivity contribution in [3.63, 3.8) is 0 Å². The predicted molar refractivity (Wildman–Crippen MR) is 135 cm³/mol. The Morgan fingerprint density at radius 1 is 1.14 bits per heavy atom. The Labute approximate surface area is 214 Å². The Morgan fingerprint density at radius 2 is 1.86 bits per heavy atom. The molecule has 2 aromatic carbocycles. The Hall–Kier alpha value is -3.31.